The van der Waals surface area contributed by atoms with Crippen LogP contribution in [0.2, 0.25) is 0 Å². The highest BCUT2D eigenvalue weighted by atomic mass is 32.2. The molecule has 0 aromatic rings. The molecule has 1 atom stereocenters. The lowest BCUT2D eigenvalue weighted by atomic mass is 10.0. The molecule has 0 spiro atoms. The molecule has 0 aliphatic carbocycles. The van der Waals surface area contributed by atoms with E-state index in [2.05, 4.69) is 0 Å². The van der Waals surface area contributed by atoms with Crippen LogP contribution in [0.4, 0.5) is 0 Å². The van der Waals surface area contributed by atoms with Crippen LogP contribution in [0, 0.1) is 5.92 Å². The summed E-state index contributed by atoms with van der Waals surface area (Å²) in [6.45, 7) is 4.98. The zero-order valence-electron chi connectivity index (χ0n) is 11.0. The van der Waals surface area contributed by atoms with Gasteiger partial charge in [-0.2, -0.15) is 0 Å². The fraction of sp³-hybridized carbons (Fsp3) is 0.909. The Hall–Kier alpha value is -0.240. The summed E-state index contributed by atoms with van der Waals surface area (Å²) in [5.74, 6) is 0.0319. The number of piperidine rings is 1. The van der Waals surface area contributed by atoms with Gasteiger partial charge in [-0.05, 0) is 26.7 Å². The van der Waals surface area contributed by atoms with Crippen LogP contribution < -0.4 is 5.73 Å². The first-order valence-corrected chi connectivity index (χ1v) is 8.23. The van der Waals surface area contributed by atoms with E-state index < -0.39 is 10.0 Å². The highest BCUT2D eigenvalue weighted by molar-refractivity contribution is 7.89. The summed E-state index contributed by atoms with van der Waals surface area (Å²) in [4.78, 5) is 0.410. The molecule has 0 saturated carbocycles. The summed E-state index contributed by atoms with van der Waals surface area (Å²) in [5.41, 5.74) is 5.60. The lowest BCUT2D eigenvalue weighted by Gasteiger charge is -2.31. The number of rotatable bonds is 6. The van der Waals surface area contributed by atoms with Crippen molar-refractivity contribution >= 4 is 27.2 Å². The largest absolute Gasteiger partial charge is 0.393 e. The van der Waals surface area contributed by atoms with Gasteiger partial charge >= 0.3 is 0 Å². The van der Waals surface area contributed by atoms with Crippen molar-refractivity contribution in [1.29, 1.82) is 0 Å². The predicted octanol–water partition coefficient (Wildman–Crippen LogP) is 0.739. The fourth-order valence-corrected chi connectivity index (χ4v) is 3.52. The molecule has 106 valence electrons. The maximum atomic E-state index is 12.1. The molecule has 1 fully saturated rings. The second-order valence-electron chi connectivity index (χ2n) is 4.84. The normalized spacial score (nSPS) is 22.3. The Labute approximate surface area is 115 Å². The Bertz CT molecular complexity index is 382. The Morgan fingerprint density at radius 1 is 1.56 bits per heavy atom. The molecule has 1 saturated heterocycles. The summed E-state index contributed by atoms with van der Waals surface area (Å²) in [6.07, 6.45) is 1.74. The van der Waals surface area contributed by atoms with Crippen LogP contribution in [0.25, 0.3) is 0 Å². The van der Waals surface area contributed by atoms with Gasteiger partial charge in [-0.15, -0.1) is 0 Å². The van der Waals surface area contributed by atoms with Crippen LogP contribution in [0.3, 0.4) is 0 Å². The molecular formula is C11H22N2O3S2. The third kappa shape index (κ3) is 4.79. The van der Waals surface area contributed by atoms with E-state index in [9.17, 15) is 8.42 Å². The van der Waals surface area contributed by atoms with Crippen molar-refractivity contribution in [2.24, 2.45) is 11.7 Å². The second kappa shape index (κ2) is 6.79. The SMILES string of the molecule is CC(C)OCCS(=O)(=O)N1CCCC(C(N)=S)C1. The molecule has 5 nitrogen and oxygen atoms in total. The van der Waals surface area contributed by atoms with Crippen molar-refractivity contribution in [3.05, 3.63) is 0 Å². The summed E-state index contributed by atoms with van der Waals surface area (Å²) in [7, 11) is -3.25. The van der Waals surface area contributed by atoms with Crippen LogP contribution in [-0.4, -0.2) is 49.3 Å². The molecular weight excluding hydrogens is 272 g/mol. The lowest BCUT2D eigenvalue weighted by Crippen LogP contribution is -2.44. The van der Waals surface area contributed by atoms with Crippen molar-refractivity contribution < 1.29 is 13.2 Å². The maximum absolute atomic E-state index is 12.1. The number of thiocarbonyl (C=S) groups is 1. The lowest BCUT2D eigenvalue weighted by molar-refractivity contribution is 0.0905. The third-order valence-electron chi connectivity index (χ3n) is 2.97. The van der Waals surface area contributed by atoms with E-state index in [1.807, 2.05) is 13.8 Å². The Kier molecular flexibility index (Phi) is 5.97. The number of sulfonamides is 1. The van der Waals surface area contributed by atoms with Crippen LogP contribution >= 0.6 is 12.2 Å². The van der Waals surface area contributed by atoms with E-state index in [1.54, 1.807) is 0 Å². The predicted molar refractivity (Wildman–Crippen MR) is 76.0 cm³/mol. The van der Waals surface area contributed by atoms with Gasteiger partial charge in [0.05, 0.1) is 23.5 Å². The van der Waals surface area contributed by atoms with Crippen molar-refractivity contribution in [1.82, 2.24) is 4.31 Å². The zero-order chi connectivity index (χ0) is 13.8. The highest BCUT2D eigenvalue weighted by Gasteiger charge is 2.29. The monoisotopic (exact) mass is 294 g/mol. The van der Waals surface area contributed by atoms with E-state index in [1.165, 1.54) is 4.31 Å². The van der Waals surface area contributed by atoms with Crippen molar-refractivity contribution in [2.75, 3.05) is 25.4 Å². The summed E-state index contributed by atoms with van der Waals surface area (Å²) < 4.78 is 31.0. The van der Waals surface area contributed by atoms with E-state index in [-0.39, 0.29) is 24.4 Å². The standard InChI is InChI=1S/C11H22N2O3S2/c1-9(2)16-6-7-18(14,15)13-5-3-4-10(8-13)11(12)17/h9-10H,3-8H2,1-2H3,(H2,12,17). The average Bonchev–Trinajstić information content (AvgIpc) is 2.28. The third-order valence-corrected chi connectivity index (χ3v) is 5.11. The molecule has 18 heavy (non-hydrogen) atoms. The first-order chi connectivity index (χ1) is 8.33. The van der Waals surface area contributed by atoms with Gasteiger partial charge in [-0.25, -0.2) is 12.7 Å². The van der Waals surface area contributed by atoms with Gasteiger partial charge in [0, 0.05) is 19.0 Å². The molecule has 7 heteroatoms. The van der Waals surface area contributed by atoms with Crippen molar-refractivity contribution in [2.45, 2.75) is 32.8 Å². The first-order valence-electron chi connectivity index (χ1n) is 6.21. The molecule has 0 bridgehead atoms. The summed E-state index contributed by atoms with van der Waals surface area (Å²) in [6, 6.07) is 0. The minimum atomic E-state index is -3.25. The summed E-state index contributed by atoms with van der Waals surface area (Å²) in [5, 5.41) is 0. The van der Waals surface area contributed by atoms with E-state index in [0.717, 1.165) is 12.8 Å². The smallest absolute Gasteiger partial charge is 0.216 e. The van der Waals surface area contributed by atoms with E-state index >= 15 is 0 Å². The molecule has 1 aliphatic heterocycles. The van der Waals surface area contributed by atoms with Gasteiger partial charge in [-0.1, -0.05) is 12.2 Å². The molecule has 0 aromatic carbocycles. The zero-order valence-corrected chi connectivity index (χ0v) is 12.6. The van der Waals surface area contributed by atoms with Crippen LogP contribution in [0.15, 0.2) is 0 Å². The molecule has 1 unspecified atom stereocenters. The van der Waals surface area contributed by atoms with Crippen LogP contribution in [0.1, 0.15) is 26.7 Å². The van der Waals surface area contributed by atoms with Crippen molar-refractivity contribution in [3.63, 3.8) is 0 Å². The molecule has 1 aliphatic rings. The van der Waals surface area contributed by atoms with Crippen LogP contribution in [0.5, 0.6) is 0 Å². The van der Waals surface area contributed by atoms with Gasteiger partial charge in [0.25, 0.3) is 0 Å². The number of nitrogens with zero attached hydrogens (tertiary/aromatic N) is 1. The molecule has 0 amide bonds. The Balaban J connectivity index is 2.53. The van der Waals surface area contributed by atoms with E-state index in [4.69, 9.17) is 22.7 Å². The minimum Gasteiger partial charge on any atom is -0.393 e. The quantitative estimate of drug-likeness (QED) is 0.732. The molecule has 2 N–H and O–H groups in total. The second-order valence-corrected chi connectivity index (χ2v) is 7.39. The molecule has 0 aromatic heterocycles. The Morgan fingerprint density at radius 2 is 2.22 bits per heavy atom. The molecule has 0 radical (unpaired) electrons. The first kappa shape index (κ1) is 15.8. The molecule has 1 rings (SSSR count). The van der Waals surface area contributed by atoms with Gasteiger partial charge in [0.2, 0.25) is 10.0 Å². The fourth-order valence-electron chi connectivity index (χ4n) is 1.95. The number of hydrogen-bond donors (Lipinski definition) is 1. The maximum Gasteiger partial charge on any atom is 0.216 e. The van der Waals surface area contributed by atoms with Gasteiger partial charge < -0.3 is 10.5 Å². The average molecular weight is 294 g/mol. The van der Waals surface area contributed by atoms with E-state index in [0.29, 0.717) is 18.1 Å². The van der Waals surface area contributed by atoms with Gasteiger partial charge in [-0.3, -0.25) is 0 Å². The molecule has 1 heterocycles. The van der Waals surface area contributed by atoms with Gasteiger partial charge in [0.1, 0.15) is 0 Å². The van der Waals surface area contributed by atoms with Crippen molar-refractivity contribution in [3.8, 4) is 0 Å². The Morgan fingerprint density at radius 3 is 2.78 bits per heavy atom. The van der Waals surface area contributed by atoms with Gasteiger partial charge in [0.15, 0.2) is 0 Å². The summed E-state index contributed by atoms with van der Waals surface area (Å²) >= 11 is 4.94. The topological polar surface area (TPSA) is 72.6 Å². The number of nitrogens with two attached hydrogens (primary N) is 1. The minimum absolute atomic E-state index is 0.00884. The highest BCUT2D eigenvalue weighted by Crippen LogP contribution is 2.19. The number of ether oxygens (including phenoxy) is 1. The van der Waals surface area contributed by atoms with Crippen LogP contribution in [-0.2, 0) is 14.8 Å². The number of hydrogen-bond acceptors (Lipinski definition) is 4.